The minimum atomic E-state index is -1.19. The van der Waals surface area contributed by atoms with E-state index in [2.05, 4.69) is 10.6 Å². The van der Waals surface area contributed by atoms with E-state index in [9.17, 15) is 9.59 Å². The van der Waals surface area contributed by atoms with E-state index in [1.165, 1.54) is 0 Å². The number of benzene rings is 2. The minimum absolute atomic E-state index is 0.470. The predicted octanol–water partition coefficient (Wildman–Crippen LogP) is 2.59. The van der Waals surface area contributed by atoms with Crippen LogP contribution in [0.15, 0.2) is 48.5 Å². The van der Waals surface area contributed by atoms with Crippen LogP contribution >= 0.6 is 0 Å². The van der Waals surface area contributed by atoms with E-state index in [1.807, 2.05) is 25.1 Å². The normalized spacial score (nSPS) is 16.2. The van der Waals surface area contributed by atoms with Crippen molar-refractivity contribution in [3.63, 3.8) is 0 Å². The molecule has 2 aromatic rings. The average Bonchev–Trinajstić information content (AvgIpc) is 2.54. The molecule has 0 bridgehead atoms. The molecule has 112 valence electrons. The lowest BCUT2D eigenvalue weighted by Crippen LogP contribution is -2.45. The molecule has 0 radical (unpaired) electrons. The third-order valence-electron chi connectivity index (χ3n) is 3.47. The molecule has 0 saturated carbocycles. The van der Waals surface area contributed by atoms with Crippen LogP contribution in [0, 0.1) is 0 Å². The molecule has 5 heteroatoms. The zero-order valence-electron chi connectivity index (χ0n) is 12.1. The average molecular weight is 296 g/mol. The van der Waals surface area contributed by atoms with Gasteiger partial charge >= 0.3 is 0 Å². The smallest absolute Gasteiger partial charge is 0.275 e. The summed E-state index contributed by atoms with van der Waals surface area (Å²) >= 11 is 0. The van der Waals surface area contributed by atoms with Gasteiger partial charge in [-0.25, -0.2) is 0 Å². The highest BCUT2D eigenvalue weighted by molar-refractivity contribution is 6.15. The second-order valence-electron chi connectivity index (χ2n) is 5.03. The third kappa shape index (κ3) is 2.79. The molecular formula is C17H16N2O3. The number of hydrogen-bond acceptors (Lipinski definition) is 3. The van der Waals surface area contributed by atoms with Crippen LogP contribution in [-0.2, 0) is 16.0 Å². The fourth-order valence-electron chi connectivity index (χ4n) is 2.30. The van der Waals surface area contributed by atoms with Crippen LogP contribution in [0.3, 0.4) is 0 Å². The first-order valence-corrected chi connectivity index (χ1v) is 7.13. The van der Waals surface area contributed by atoms with Gasteiger partial charge in [0.2, 0.25) is 0 Å². The van der Waals surface area contributed by atoms with E-state index in [0.717, 1.165) is 12.0 Å². The molecule has 2 amide bonds. The molecule has 1 aliphatic heterocycles. The molecule has 2 aromatic carbocycles. The summed E-state index contributed by atoms with van der Waals surface area (Å²) in [4.78, 5) is 24.3. The Labute approximate surface area is 128 Å². The second kappa shape index (κ2) is 5.89. The van der Waals surface area contributed by atoms with Crippen LogP contribution in [0.5, 0.6) is 5.75 Å². The highest BCUT2D eigenvalue weighted by Gasteiger charge is 2.33. The number of amides is 2. The van der Waals surface area contributed by atoms with Gasteiger partial charge in [-0.1, -0.05) is 31.2 Å². The van der Waals surface area contributed by atoms with Crippen LogP contribution in [0.4, 0.5) is 11.4 Å². The summed E-state index contributed by atoms with van der Waals surface area (Å²) in [5.41, 5.74) is 2.33. The van der Waals surface area contributed by atoms with Gasteiger partial charge < -0.3 is 15.4 Å². The molecule has 0 fully saturated rings. The molecule has 1 heterocycles. The van der Waals surface area contributed by atoms with Gasteiger partial charge in [0.1, 0.15) is 5.75 Å². The molecule has 3 rings (SSSR count). The van der Waals surface area contributed by atoms with Crippen molar-refractivity contribution in [2.75, 3.05) is 10.6 Å². The number of para-hydroxylation sites is 2. The van der Waals surface area contributed by atoms with Crippen molar-refractivity contribution in [2.24, 2.45) is 0 Å². The van der Waals surface area contributed by atoms with E-state index in [4.69, 9.17) is 4.74 Å². The summed E-state index contributed by atoms with van der Waals surface area (Å²) in [5, 5.41) is 5.40. The Hall–Kier alpha value is -2.82. The number of nitrogens with one attached hydrogen (secondary N) is 2. The molecule has 0 aliphatic carbocycles. The fourth-order valence-corrected chi connectivity index (χ4v) is 2.30. The number of carbonyl (C=O) groups excluding carboxylic acids is 2. The van der Waals surface area contributed by atoms with Crippen molar-refractivity contribution < 1.29 is 14.3 Å². The van der Waals surface area contributed by atoms with Crippen LogP contribution in [0.1, 0.15) is 12.5 Å². The molecule has 0 aromatic heterocycles. The Morgan fingerprint density at radius 2 is 2.05 bits per heavy atom. The molecule has 5 nitrogen and oxygen atoms in total. The maximum absolute atomic E-state index is 12.3. The van der Waals surface area contributed by atoms with Gasteiger partial charge in [0.15, 0.2) is 0 Å². The number of carbonyl (C=O) groups is 2. The zero-order chi connectivity index (χ0) is 15.5. The minimum Gasteiger partial charge on any atom is -0.468 e. The summed E-state index contributed by atoms with van der Waals surface area (Å²) in [6.07, 6.45) is -0.322. The molecule has 1 atom stereocenters. The molecule has 0 spiro atoms. The Balaban J connectivity index is 1.76. The SMILES string of the molecule is CCc1cccc(NC(=O)C2Oc3ccccc3NC2=O)c1. The monoisotopic (exact) mass is 296 g/mol. The van der Waals surface area contributed by atoms with E-state index >= 15 is 0 Å². The molecular weight excluding hydrogens is 280 g/mol. The van der Waals surface area contributed by atoms with Crippen molar-refractivity contribution in [3.8, 4) is 5.75 Å². The van der Waals surface area contributed by atoms with Crippen molar-refractivity contribution in [2.45, 2.75) is 19.4 Å². The number of anilines is 2. The number of hydrogen-bond donors (Lipinski definition) is 2. The summed E-state index contributed by atoms with van der Waals surface area (Å²) in [7, 11) is 0. The molecule has 0 saturated heterocycles. The van der Waals surface area contributed by atoms with Crippen LogP contribution < -0.4 is 15.4 Å². The van der Waals surface area contributed by atoms with Gasteiger partial charge in [0, 0.05) is 5.69 Å². The van der Waals surface area contributed by atoms with E-state index in [0.29, 0.717) is 17.1 Å². The lowest BCUT2D eigenvalue weighted by atomic mass is 10.1. The number of fused-ring (bicyclic) bond motifs is 1. The van der Waals surface area contributed by atoms with Gasteiger partial charge in [0.05, 0.1) is 5.69 Å². The summed E-state index contributed by atoms with van der Waals surface area (Å²) in [6.45, 7) is 2.04. The van der Waals surface area contributed by atoms with Gasteiger partial charge in [-0.05, 0) is 36.2 Å². The summed E-state index contributed by atoms with van der Waals surface area (Å²) < 4.78 is 5.51. The Bertz CT molecular complexity index is 727. The van der Waals surface area contributed by atoms with Crippen molar-refractivity contribution in [3.05, 3.63) is 54.1 Å². The van der Waals surface area contributed by atoms with Crippen molar-refractivity contribution in [1.29, 1.82) is 0 Å². The number of ether oxygens (including phenoxy) is 1. The van der Waals surface area contributed by atoms with Crippen molar-refractivity contribution >= 4 is 23.2 Å². The summed E-state index contributed by atoms with van der Waals surface area (Å²) in [6, 6.07) is 14.5. The maximum atomic E-state index is 12.3. The number of rotatable bonds is 3. The molecule has 1 unspecified atom stereocenters. The maximum Gasteiger partial charge on any atom is 0.275 e. The first-order chi connectivity index (χ1) is 10.7. The lowest BCUT2D eigenvalue weighted by Gasteiger charge is -2.24. The van der Waals surface area contributed by atoms with Gasteiger partial charge in [-0.3, -0.25) is 9.59 Å². The van der Waals surface area contributed by atoms with E-state index < -0.39 is 17.9 Å². The lowest BCUT2D eigenvalue weighted by molar-refractivity contribution is -0.133. The Morgan fingerprint density at radius 1 is 1.23 bits per heavy atom. The van der Waals surface area contributed by atoms with Gasteiger partial charge in [-0.2, -0.15) is 0 Å². The molecule has 22 heavy (non-hydrogen) atoms. The quantitative estimate of drug-likeness (QED) is 0.855. The topological polar surface area (TPSA) is 67.4 Å². The van der Waals surface area contributed by atoms with Gasteiger partial charge in [0.25, 0.3) is 17.9 Å². The second-order valence-corrected chi connectivity index (χ2v) is 5.03. The third-order valence-corrected chi connectivity index (χ3v) is 3.47. The van der Waals surface area contributed by atoms with Gasteiger partial charge in [-0.15, -0.1) is 0 Å². The highest BCUT2D eigenvalue weighted by atomic mass is 16.5. The Kier molecular flexibility index (Phi) is 3.78. The Morgan fingerprint density at radius 3 is 2.86 bits per heavy atom. The van der Waals surface area contributed by atoms with Crippen LogP contribution in [0.25, 0.3) is 0 Å². The first-order valence-electron chi connectivity index (χ1n) is 7.13. The first kappa shape index (κ1) is 14.1. The summed E-state index contributed by atoms with van der Waals surface area (Å²) in [5.74, 6) is -0.465. The van der Waals surface area contributed by atoms with Crippen LogP contribution in [-0.4, -0.2) is 17.9 Å². The predicted molar refractivity (Wildman–Crippen MR) is 83.9 cm³/mol. The number of aryl methyl sites for hydroxylation is 1. The van der Waals surface area contributed by atoms with Crippen LogP contribution in [0.2, 0.25) is 0 Å². The van der Waals surface area contributed by atoms with E-state index in [1.54, 1.807) is 30.3 Å². The largest absolute Gasteiger partial charge is 0.468 e. The molecule has 2 N–H and O–H groups in total. The fraction of sp³-hybridized carbons (Fsp3) is 0.176. The van der Waals surface area contributed by atoms with E-state index in [-0.39, 0.29) is 0 Å². The zero-order valence-corrected chi connectivity index (χ0v) is 12.1. The molecule has 1 aliphatic rings. The standard InChI is InChI=1S/C17H16N2O3/c1-2-11-6-5-7-12(10-11)18-16(20)15-17(21)19-13-8-3-4-9-14(13)22-15/h3-10,15H,2H2,1H3,(H,18,20)(H,19,21). The highest BCUT2D eigenvalue weighted by Crippen LogP contribution is 2.29. The van der Waals surface area contributed by atoms with Crippen molar-refractivity contribution in [1.82, 2.24) is 0 Å².